The number of nitriles is 3. The number of hydrogen-bond donors (Lipinski definition) is 8. The average molecular weight is 1270 g/mol. The topological polar surface area (TPSA) is 495 Å². The summed E-state index contributed by atoms with van der Waals surface area (Å²) in [6, 6.07) is 15.4. The molecule has 0 aromatic carbocycles. The van der Waals surface area contributed by atoms with E-state index in [0.29, 0.717) is 136 Å². The summed E-state index contributed by atoms with van der Waals surface area (Å²) < 4.78 is 11.9. The second-order valence-electron chi connectivity index (χ2n) is 22.7. The number of aliphatic hydroxyl groups is 1. The number of aliphatic hydroxyl groups excluding tert-OH is 1. The van der Waals surface area contributed by atoms with Crippen LogP contribution in [0.2, 0.25) is 0 Å². The number of aromatic amines is 2. The van der Waals surface area contributed by atoms with E-state index in [1.54, 1.807) is 131 Å². The van der Waals surface area contributed by atoms with Crippen molar-refractivity contribution in [1.29, 1.82) is 15.8 Å². The van der Waals surface area contributed by atoms with Gasteiger partial charge in [-0.1, -0.05) is 0 Å². The molecule has 15 heterocycles. The van der Waals surface area contributed by atoms with E-state index in [2.05, 4.69) is 74.3 Å². The molecule has 12 aromatic heterocycles. The average Bonchev–Trinajstić information content (AvgIpc) is 1.54. The van der Waals surface area contributed by atoms with Gasteiger partial charge in [0, 0.05) is 43.5 Å². The van der Waals surface area contributed by atoms with Gasteiger partial charge in [0.25, 0.3) is 5.91 Å². The van der Waals surface area contributed by atoms with Crippen molar-refractivity contribution in [2.45, 2.75) is 42.5 Å². The fourth-order valence-corrected chi connectivity index (χ4v) is 11.8. The number of primary amides is 1. The van der Waals surface area contributed by atoms with E-state index in [9.17, 15) is 25.7 Å². The van der Waals surface area contributed by atoms with Gasteiger partial charge in [0.15, 0.2) is 17.5 Å². The zero-order valence-electron chi connectivity index (χ0n) is 50.9. The Kier molecular flexibility index (Phi) is 15.5. The van der Waals surface area contributed by atoms with Crippen molar-refractivity contribution in [2.75, 3.05) is 83.5 Å². The van der Waals surface area contributed by atoms with Crippen LogP contribution in [0.3, 0.4) is 0 Å². The summed E-state index contributed by atoms with van der Waals surface area (Å²) in [5, 5.41) is 87.5. The Labute approximate surface area is 531 Å². The highest BCUT2D eigenvalue weighted by atomic mass is 16.7. The molecule has 3 saturated heterocycles. The highest BCUT2D eigenvalue weighted by Crippen LogP contribution is 2.41. The van der Waals surface area contributed by atoms with Crippen LogP contribution < -0.4 is 28.7 Å². The Morgan fingerprint density at radius 1 is 0.553 bits per heavy atom. The molecule has 94 heavy (non-hydrogen) atoms. The molecular weight excluding hydrogens is 1210 g/mol. The molecular formula is C57H60N32O5. The molecule has 0 aliphatic carbocycles. The molecule has 37 nitrogen and oxygen atoms in total. The van der Waals surface area contributed by atoms with Crippen molar-refractivity contribution in [3.8, 4) is 86.0 Å². The molecule has 3 fully saturated rings. The van der Waals surface area contributed by atoms with Crippen LogP contribution in [0, 0.1) is 34.0 Å². The number of nitrogens with zero attached hydrogens (tertiary/aromatic N) is 25. The molecule has 37 heteroatoms. The fourth-order valence-electron chi connectivity index (χ4n) is 11.8. The number of anilines is 4. The van der Waals surface area contributed by atoms with E-state index in [1.165, 1.54) is 6.07 Å². The Morgan fingerprint density at radius 2 is 0.968 bits per heavy atom. The van der Waals surface area contributed by atoms with Gasteiger partial charge in [0.2, 0.25) is 0 Å². The van der Waals surface area contributed by atoms with E-state index in [4.69, 9.17) is 58.1 Å². The van der Waals surface area contributed by atoms with Gasteiger partial charge in [-0.25, -0.2) is 28.5 Å². The van der Waals surface area contributed by atoms with Crippen LogP contribution in [-0.2, 0) is 44.8 Å². The molecule has 0 saturated carbocycles. The zero-order chi connectivity index (χ0) is 65.8. The molecule has 0 bridgehead atoms. The smallest absolute Gasteiger partial charge is 0.266 e. The number of carbonyl (C=O) groups is 1. The molecule has 15 rings (SSSR count). The molecule has 13 N–H and O–H groups in total. The van der Waals surface area contributed by atoms with E-state index in [0.717, 1.165) is 11.0 Å². The van der Waals surface area contributed by atoms with Gasteiger partial charge in [0.1, 0.15) is 62.3 Å². The summed E-state index contributed by atoms with van der Waals surface area (Å²) in [5.74, 6) is 0.640. The van der Waals surface area contributed by atoms with Crippen molar-refractivity contribution in [1.82, 2.24) is 119 Å². The molecule has 3 aliphatic rings. The summed E-state index contributed by atoms with van der Waals surface area (Å²) in [6.45, 7) is 2.95. The van der Waals surface area contributed by atoms with Crippen LogP contribution in [0.5, 0.6) is 0 Å². The SMILES string of the molecule is CON1CC(CC#N)(n2cc(-c3nc(-c4cc(C(N)=O)[nH]n4)cn4nccc34)c(N)n2)C1.CON1CC(CC#N)(n2cc(-c3nc(-c4cc(N)n[nH]4)cn4nccc34)c(N)n2)C1.CON1CC(CC#N)(n2cc(-c3nc(-c4cn(C)nc4CO)cn4nccc34)c(N)n2)C1. The molecule has 1 amide bonds. The number of fused-ring (bicyclic) bond motifs is 3. The third kappa shape index (κ3) is 10.7. The van der Waals surface area contributed by atoms with Gasteiger partial charge in [-0.05, 0) is 24.3 Å². The summed E-state index contributed by atoms with van der Waals surface area (Å²) in [6.07, 6.45) is 18.3. The number of H-pyrrole nitrogens is 2. The second kappa shape index (κ2) is 24.0. The maximum Gasteiger partial charge on any atom is 0.266 e. The fraction of sp³-hybridized carbons (Fsp3) is 0.298. The lowest BCUT2D eigenvalue weighted by atomic mass is 9.89. The lowest BCUT2D eigenvalue weighted by Gasteiger charge is -2.47. The minimum absolute atomic E-state index is 0.169. The van der Waals surface area contributed by atoms with E-state index in [-0.39, 0.29) is 37.4 Å². The molecule has 0 unspecified atom stereocenters. The first-order valence-corrected chi connectivity index (χ1v) is 28.8. The second-order valence-corrected chi connectivity index (χ2v) is 22.7. The van der Waals surface area contributed by atoms with Crippen molar-refractivity contribution < 1.29 is 24.4 Å². The predicted molar refractivity (Wildman–Crippen MR) is 332 cm³/mol. The third-order valence-electron chi connectivity index (χ3n) is 16.8. The number of rotatable bonds is 17. The summed E-state index contributed by atoms with van der Waals surface area (Å²) in [4.78, 5) is 41.6. The van der Waals surface area contributed by atoms with Crippen LogP contribution in [-0.4, -0.2) is 190 Å². The molecule has 3 aliphatic heterocycles. The van der Waals surface area contributed by atoms with E-state index < -0.39 is 22.5 Å². The van der Waals surface area contributed by atoms with Crippen LogP contribution >= 0.6 is 0 Å². The van der Waals surface area contributed by atoms with Crippen molar-refractivity contribution in [3.63, 3.8) is 0 Å². The standard InChI is InChI=1S/C20H22N10O2.C19H19N11O2.C18H19N11O/c1-27-7-13(16(10-31)25-27)15-9-29-17(3-6-23-29)18(24-15)14-8-30(26-19(14)22)20(4-5-21)11-28(12-20)32-2;1-32-28-9-19(10-28,3-4-20)30-7-11(17(21)27-30)16-15-2-5-23-29(15)8-14(24-16)12-6-13(18(22)31)26-25-12;1-30-27-9-18(10-27,3-4-19)29-7-11(17(21)26-29)16-14-2-5-22-28(14)8-13(23-16)12-6-15(20)25-24-12/h3,6-9,31H,4,10-12H2,1-2H3,(H2,22,26);2,5-8H,3,9-10H2,1H3,(H2,21,27)(H2,22,31)(H,25,26);2,5-8H,3,9-10H2,1H3,(H2,21,26)(H3,20,24,25). The normalized spacial score (nSPS) is 15.7. The first kappa shape index (κ1) is 60.9. The highest BCUT2D eigenvalue weighted by Gasteiger charge is 2.49. The number of nitrogens with one attached hydrogen (secondary N) is 2. The number of hydroxylamine groups is 6. The zero-order valence-corrected chi connectivity index (χ0v) is 50.9. The van der Waals surface area contributed by atoms with Crippen LogP contribution in [0.1, 0.15) is 35.4 Å². The van der Waals surface area contributed by atoms with Crippen molar-refractivity contribution >= 4 is 45.7 Å². The number of hydrogen-bond acceptors (Lipinski definition) is 27. The summed E-state index contributed by atoms with van der Waals surface area (Å²) >= 11 is 0. The largest absolute Gasteiger partial charge is 0.390 e. The lowest BCUT2D eigenvalue weighted by Crippen LogP contribution is -2.62. The monoisotopic (exact) mass is 1270 g/mol. The first-order valence-electron chi connectivity index (χ1n) is 28.8. The first-order chi connectivity index (χ1) is 45.4. The molecule has 0 atom stereocenters. The minimum Gasteiger partial charge on any atom is -0.390 e. The van der Waals surface area contributed by atoms with Crippen molar-refractivity contribution in [3.05, 3.63) is 104 Å². The van der Waals surface area contributed by atoms with Gasteiger partial charge >= 0.3 is 0 Å². The predicted octanol–water partition coefficient (Wildman–Crippen LogP) is 1.34. The number of nitrogen functional groups attached to an aromatic ring is 4. The van der Waals surface area contributed by atoms with Crippen LogP contribution in [0.4, 0.5) is 23.3 Å². The Hall–Kier alpha value is -12.0. The lowest BCUT2D eigenvalue weighted by molar-refractivity contribution is -0.226. The minimum atomic E-state index is -0.622. The number of aryl methyl sites for hydroxylation is 1. The Balaban J connectivity index is 0.000000128. The third-order valence-corrected chi connectivity index (χ3v) is 16.8. The summed E-state index contributed by atoms with van der Waals surface area (Å²) in [5.41, 5.74) is 38.5. The number of nitrogens with two attached hydrogens (primary N) is 5. The number of amides is 1. The number of aromatic nitrogens is 21. The maximum absolute atomic E-state index is 11.4. The molecule has 478 valence electrons. The van der Waals surface area contributed by atoms with Gasteiger partial charge in [0.05, 0.1) is 192 Å². The summed E-state index contributed by atoms with van der Waals surface area (Å²) in [7, 11) is 6.58. The van der Waals surface area contributed by atoms with E-state index in [1.807, 2.05) is 30.6 Å². The van der Waals surface area contributed by atoms with Crippen molar-refractivity contribution in [2.24, 2.45) is 12.8 Å². The Morgan fingerprint density at radius 3 is 1.35 bits per heavy atom. The highest BCUT2D eigenvalue weighted by molar-refractivity contribution is 5.92. The molecule has 0 spiro atoms. The van der Waals surface area contributed by atoms with Gasteiger partial charge in [-0.3, -0.25) is 33.7 Å². The number of carbonyl (C=O) groups excluding carboxylic acids is 1. The Bertz CT molecular complexity index is 4950. The van der Waals surface area contributed by atoms with Crippen LogP contribution in [0.15, 0.2) is 92.3 Å². The quantitative estimate of drug-likeness (QED) is 0.0637. The van der Waals surface area contributed by atoms with E-state index >= 15 is 0 Å². The van der Waals surface area contributed by atoms with Gasteiger partial charge in [-0.2, -0.15) is 76.9 Å². The van der Waals surface area contributed by atoms with Crippen LogP contribution in [0.25, 0.3) is 84.4 Å². The molecule has 0 radical (unpaired) electrons. The van der Waals surface area contributed by atoms with Gasteiger partial charge < -0.3 is 48.3 Å². The van der Waals surface area contributed by atoms with Gasteiger partial charge in [-0.15, -0.1) is 0 Å². The molecule has 12 aromatic rings. The maximum atomic E-state index is 11.4.